The lowest BCUT2D eigenvalue weighted by molar-refractivity contribution is -0.141. The Kier molecular flexibility index (Phi) is 4.28. The number of carbonyl (C=O) groups is 1. The molecule has 1 heterocycles. The first-order chi connectivity index (χ1) is 9.81. The molecule has 21 heavy (non-hydrogen) atoms. The fraction of sp³-hybridized carbons (Fsp3) is 0.412. The number of aromatic nitrogens is 1. The Bertz CT molecular complexity index is 659. The number of fused-ring (bicyclic) bond motifs is 1. The summed E-state index contributed by atoms with van der Waals surface area (Å²) in [6.07, 6.45) is 0.269. The fourth-order valence-electron chi connectivity index (χ4n) is 2.52. The van der Waals surface area contributed by atoms with Crippen molar-refractivity contribution in [2.45, 2.75) is 38.6 Å². The predicted octanol–water partition coefficient (Wildman–Crippen LogP) is 2.93. The van der Waals surface area contributed by atoms with Gasteiger partial charge in [0.15, 0.2) is 0 Å². The third-order valence-corrected chi connectivity index (χ3v) is 3.75. The van der Waals surface area contributed by atoms with Crippen LogP contribution in [0.15, 0.2) is 30.3 Å². The van der Waals surface area contributed by atoms with Crippen LogP contribution in [0.1, 0.15) is 37.4 Å². The van der Waals surface area contributed by atoms with Crippen LogP contribution in [-0.4, -0.2) is 23.6 Å². The van der Waals surface area contributed by atoms with Crippen LogP contribution >= 0.6 is 0 Å². The first-order valence-corrected chi connectivity index (χ1v) is 7.04. The third kappa shape index (κ3) is 3.58. The average molecular weight is 286 g/mol. The predicted molar refractivity (Wildman–Crippen MR) is 84.1 cm³/mol. The van der Waals surface area contributed by atoms with Gasteiger partial charge in [-0.05, 0) is 44.5 Å². The molecule has 0 aliphatic rings. The molecule has 0 aliphatic carbocycles. The number of hydrogen-bond acceptors (Lipinski definition) is 4. The highest BCUT2D eigenvalue weighted by Gasteiger charge is 2.29. The Balaban J connectivity index is 2.44. The highest BCUT2D eigenvalue weighted by atomic mass is 16.5. The summed E-state index contributed by atoms with van der Waals surface area (Å²) in [7, 11) is 1.40. The first kappa shape index (κ1) is 15.4. The Hall–Kier alpha value is -1.94. The van der Waals surface area contributed by atoms with E-state index in [0.717, 1.165) is 22.2 Å². The van der Waals surface area contributed by atoms with Crippen molar-refractivity contribution in [1.29, 1.82) is 0 Å². The molecular weight excluding hydrogens is 264 g/mol. The van der Waals surface area contributed by atoms with Gasteiger partial charge in [-0.1, -0.05) is 12.1 Å². The number of pyridine rings is 1. The highest BCUT2D eigenvalue weighted by Crippen LogP contribution is 2.31. The zero-order valence-corrected chi connectivity index (χ0v) is 13.0. The van der Waals surface area contributed by atoms with E-state index >= 15 is 0 Å². The van der Waals surface area contributed by atoms with E-state index in [-0.39, 0.29) is 18.3 Å². The minimum Gasteiger partial charge on any atom is -0.469 e. The summed E-state index contributed by atoms with van der Waals surface area (Å²) in [6, 6.07) is 10.1. The standard InChI is InChI=1S/C17H22N2O2/c1-11-5-6-13-9-12(7-8-15(13)19-11)14(17(2,3)18)10-16(20)21-4/h5-9,14H,10,18H2,1-4H3. The average Bonchev–Trinajstić information content (AvgIpc) is 2.42. The second-order valence-corrected chi connectivity index (χ2v) is 6.06. The maximum atomic E-state index is 11.7. The first-order valence-electron chi connectivity index (χ1n) is 7.04. The van der Waals surface area contributed by atoms with Crippen LogP contribution in [-0.2, 0) is 9.53 Å². The molecule has 1 atom stereocenters. The number of ether oxygens (including phenoxy) is 1. The van der Waals surface area contributed by atoms with Crippen molar-refractivity contribution in [2.24, 2.45) is 5.73 Å². The SMILES string of the molecule is COC(=O)CC(c1ccc2nc(C)ccc2c1)C(C)(C)N. The number of rotatable bonds is 4. The molecule has 1 unspecified atom stereocenters. The van der Waals surface area contributed by atoms with Crippen molar-refractivity contribution in [2.75, 3.05) is 7.11 Å². The maximum absolute atomic E-state index is 11.7. The molecule has 0 fully saturated rings. The van der Waals surface area contributed by atoms with Gasteiger partial charge >= 0.3 is 5.97 Å². The second-order valence-electron chi connectivity index (χ2n) is 6.06. The summed E-state index contributed by atoms with van der Waals surface area (Å²) in [5.41, 5.74) is 8.72. The molecule has 0 saturated heterocycles. The Morgan fingerprint density at radius 1 is 1.33 bits per heavy atom. The molecule has 4 nitrogen and oxygen atoms in total. The third-order valence-electron chi connectivity index (χ3n) is 3.75. The van der Waals surface area contributed by atoms with Gasteiger partial charge in [0.25, 0.3) is 0 Å². The minimum absolute atomic E-state index is 0.101. The Labute approximate surface area is 125 Å². The van der Waals surface area contributed by atoms with Crippen molar-refractivity contribution in [3.63, 3.8) is 0 Å². The van der Waals surface area contributed by atoms with Gasteiger partial charge < -0.3 is 10.5 Å². The normalized spacial score (nSPS) is 13.2. The molecule has 0 radical (unpaired) electrons. The molecule has 0 spiro atoms. The van der Waals surface area contributed by atoms with Gasteiger partial charge in [-0.25, -0.2) is 0 Å². The van der Waals surface area contributed by atoms with E-state index in [1.54, 1.807) is 0 Å². The monoisotopic (exact) mass is 286 g/mol. The molecular formula is C17H22N2O2. The molecule has 1 aromatic heterocycles. The molecule has 112 valence electrons. The number of methoxy groups -OCH3 is 1. The molecule has 0 saturated carbocycles. The van der Waals surface area contributed by atoms with E-state index in [9.17, 15) is 4.79 Å². The molecule has 0 amide bonds. The van der Waals surface area contributed by atoms with Crippen LogP contribution in [0.3, 0.4) is 0 Å². The van der Waals surface area contributed by atoms with E-state index in [2.05, 4.69) is 11.1 Å². The van der Waals surface area contributed by atoms with Crippen molar-refractivity contribution >= 4 is 16.9 Å². The topological polar surface area (TPSA) is 65.2 Å². The number of carbonyl (C=O) groups excluding carboxylic acids is 1. The van der Waals surface area contributed by atoms with E-state index in [4.69, 9.17) is 10.5 Å². The summed E-state index contributed by atoms with van der Waals surface area (Å²) in [4.78, 5) is 16.2. The van der Waals surface area contributed by atoms with Gasteiger partial charge in [-0.3, -0.25) is 9.78 Å². The minimum atomic E-state index is -0.514. The lowest BCUT2D eigenvalue weighted by atomic mass is 9.80. The number of benzene rings is 1. The Morgan fingerprint density at radius 3 is 2.67 bits per heavy atom. The van der Waals surface area contributed by atoms with Crippen molar-refractivity contribution in [1.82, 2.24) is 4.98 Å². The van der Waals surface area contributed by atoms with Crippen LogP contribution in [0.5, 0.6) is 0 Å². The lowest BCUT2D eigenvalue weighted by Gasteiger charge is -2.30. The van der Waals surface area contributed by atoms with Gasteiger partial charge in [0.2, 0.25) is 0 Å². The summed E-state index contributed by atoms with van der Waals surface area (Å²) in [5.74, 6) is -0.351. The molecule has 1 aromatic carbocycles. The number of nitrogens with zero attached hydrogens (tertiary/aromatic N) is 1. The van der Waals surface area contributed by atoms with Gasteiger partial charge in [0, 0.05) is 22.5 Å². The smallest absolute Gasteiger partial charge is 0.306 e. The summed E-state index contributed by atoms with van der Waals surface area (Å²) >= 11 is 0. The van der Waals surface area contributed by atoms with Crippen LogP contribution in [0, 0.1) is 6.92 Å². The van der Waals surface area contributed by atoms with Crippen LogP contribution in [0.2, 0.25) is 0 Å². The quantitative estimate of drug-likeness (QED) is 0.878. The van der Waals surface area contributed by atoms with Crippen LogP contribution in [0.25, 0.3) is 10.9 Å². The van der Waals surface area contributed by atoms with Crippen LogP contribution in [0.4, 0.5) is 0 Å². The van der Waals surface area contributed by atoms with Crippen LogP contribution < -0.4 is 5.73 Å². The second kappa shape index (κ2) is 5.82. The molecule has 2 aromatic rings. The lowest BCUT2D eigenvalue weighted by Crippen LogP contribution is -2.40. The molecule has 2 rings (SSSR count). The van der Waals surface area contributed by atoms with E-state index in [1.807, 2.05) is 45.0 Å². The largest absolute Gasteiger partial charge is 0.469 e. The molecule has 0 aliphatic heterocycles. The van der Waals surface area contributed by atoms with Gasteiger partial charge in [0.05, 0.1) is 19.0 Å². The van der Waals surface area contributed by atoms with Gasteiger partial charge in [-0.2, -0.15) is 0 Å². The number of aryl methyl sites for hydroxylation is 1. The number of hydrogen-bond donors (Lipinski definition) is 1. The zero-order chi connectivity index (χ0) is 15.6. The van der Waals surface area contributed by atoms with E-state index in [0.29, 0.717) is 0 Å². The van der Waals surface area contributed by atoms with Gasteiger partial charge in [-0.15, -0.1) is 0 Å². The fourth-order valence-corrected chi connectivity index (χ4v) is 2.52. The summed E-state index contributed by atoms with van der Waals surface area (Å²) in [6.45, 7) is 5.83. The Morgan fingerprint density at radius 2 is 2.05 bits per heavy atom. The molecule has 2 N–H and O–H groups in total. The number of esters is 1. The van der Waals surface area contributed by atoms with Crippen molar-refractivity contribution in [3.05, 3.63) is 41.6 Å². The maximum Gasteiger partial charge on any atom is 0.306 e. The van der Waals surface area contributed by atoms with Gasteiger partial charge in [0.1, 0.15) is 0 Å². The number of nitrogens with two attached hydrogens (primary N) is 1. The van der Waals surface area contributed by atoms with Crippen molar-refractivity contribution < 1.29 is 9.53 Å². The molecule has 4 heteroatoms. The molecule has 0 bridgehead atoms. The van der Waals surface area contributed by atoms with Crippen molar-refractivity contribution in [3.8, 4) is 0 Å². The summed E-state index contributed by atoms with van der Waals surface area (Å²) < 4.78 is 4.79. The van der Waals surface area contributed by atoms with E-state index in [1.165, 1.54) is 7.11 Å². The summed E-state index contributed by atoms with van der Waals surface area (Å²) in [5, 5.41) is 1.05. The highest BCUT2D eigenvalue weighted by molar-refractivity contribution is 5.80. The van der Waals surface area contributed by atoms with E-state index < -0.39 is 5.54 Å². The zero-order valence-electron chi connectivity index (χ0n) is 13.0.